The van der Waals surface area contributed by atoms with Gasteiger partial charge in [-0.05, 0) is 49.0 Å². The molecule has 4 heterocycles. The molecule has 5 rings (SSSR count). The molecule has 3 aromatic heterocycles. The van der Waals surface area contributed by atoms with Crippen LogP contribution in [0, 0.1) is 5.92 Å². The quantitative estimate of drug-likeness (QED) is 0.293. The molecule has 0 radical (unpaired) electrons. The minimum Gasteiger partial charge on any atom is -0.507 e. The van der Waals surface area contributed by atoms with Crippen LogP contribution in [0.2, 0.25) is 0 Å². The number of rotatable bonds is 9. The number of likely N-dealkylation sites (tertiary alicyclic amines) is 1. The van der Waals surface area contributed by atoms with Crippen molar-refractivity contribution in [1.82, 2.24) is 30.0 Å². The van der Waals surface area contributed by atoms with Crippen LogP contribution in [0.15, 0.2) is 40.9 Å². The number of ether oxygens (including phenoxy) is 2. The Balaban J connectivity index is 1.21. The Kier molecular flexibility index (Phi) is 7.88. The number of phenols is 1. The summed E-state index contributed by atoms with van der Waals surface area (Å²) in [6.07, 6.45) is 1.61. The van der Waals surface area contributed by atoms with Crippen molar-refractivity contribution < 1.29 is 23.9 Å². The Morgan fingerprint density at radius 3 is 2.62 bits per heavy atom. The third-order valence-corrected chi connectivity index (χ3v) is 7.33. The number of aromatic hydroxyl groups is 1. The molecular weight excluding hydrogens is 514 g/mol. The highest BCUT2D eigenvalue weighted by Gasteiger charge is 2.30. The number of methoxy groups -OCH3 is 1. The van der Waals surface area contributed by atoms with Gasteiger partial charge in [0.25, 0.3) is 5.88 Å². The maximum absolute atomic E-state index is 12.2. The lowest BCUT2D eigenvalue weighted by molar-refractivity contribution is -0.144. The third-order valence-electron chi connectivity index (χ3n) is 7.33. The number of nitrogens with two attached hydrogens (primary N) is 1. The summed E-state index contributed by atoms with van der Waals surface area (Å²) in [6.45, 7) is 8.26. The summed E-state index contributed by atoms with van der Waals surface area (Å²) in [4.78, 5) is 14.5. The van der Waals surface area contributed by atoms with Crippen LogP contribution in [-0.2, 0) is 9.53 Å². The van der Waals surface area contributed by atoms with E-state index in [-0.39, 0.29) is 29.8 Å². The molecule has 212 valence electrons. The molecule has 40 heavy (non-hydrogen) atoms. The minimum absolute atomic E-state index is 0.00153. The average Bonchev–Trinajstić information content (AvgIpc) is 3.52. The summed E-state index contributed by atoms with van der Waals surface area (Å²) in [6, 6.07) is 10.8. The van der Waals surface area contributed by atoms with Crippen LogP contribution in [0.25, 0.3) is 22.3 Å². The zero-order valence-corrected chi connectivity index (χ0v) is 23.1. The molecule has 12 heteroatoms. The van der Waals surface area contributed by atoms with E-state index in [2.05, 4.69) is 25.4 Å². The van der Waals surface area contributed by atoms with Gasteiger partial charge in [0.05, 0.1) is 24.4 Å². The van der Waals surface area contributed by atoms with Crippen LogP contribution in [0.1, 0.15) is 51.3 Å². The lowest BCUT2D eigenvalue weighted by Crippen LogP contribution is -2.40. The van der Waals surface area contributed by atoms with Gasteiger partial charge in [0.15, 0.2) is 17.1 Å². The number of fused-ring (bicyclic) bond motifs is 1. The van der Waals surface area contributed by atoms with E-state index < -0.39 is 5.92 Å². The molecule has 1 aliphatic heterocycles. The topological polar surface area (TPSA) is 155 Å². The molecule has 1 aromatic carbocycles. The summed E-state index contributed by atoms with van der Waals surface area (Å²) in [5, 5.41) is 27.5. The number of carbonyl (C=O) groups excluding carboxylic acids is 1. The van der Waals surface area contributed by atoms with E-state index in [0.29, 0.717) is 40.8 Å². The Labute approximate surface area is 232 Å². The summed E-state index contributed by atoms with van der Waals surface area (Å²) in [7, 11) is 1.36. The molecule has 0 bridgehead atoms. The molecule has 0 amide bonds. The van der Waals surface area contributed by atoms with Gasteiger partial charge in [-0.2, -0.15) is 5.10 Å². The number of piperidine rings is 1. The fourth-order valence-electron chi connectivity index (χ4n) is 5.33. The van der Waals surface area contributed by atoms with Gasteiger partial charge in [-0.3, -0.25) is 14.4 Å². The summed E-state index contributed by atoms with van der Waals surface area (Å²) in [5.41, 5.74) is 8.71. The van der Waals surface area contributed by atoms with Crippen LogP contribution in [-0.4, -0.2) is 74.0 Å². The number of hydrogen-bond donors (Lipinski definition) is 2. The SMILES string of the molecule is COC(=O)C(c1cc(OC(C)CN2CCC(n3nc(N)c4nnc(-c5ccccc5O)cc43)CC2)no1)C(C)C. The molecule has 1 aliphatic rings. The van der Waals surface area contributed by atoms with Gasteiger partial charge in [0, 0.05) is 31.3 Å². The van der Waals surface area contributed by atoms with Crippen molar-refractivity contribution in [3.8, 4) is 22.9 Å². The van der Waals surface area contributed by atoms with E-state index >= 15 is 0 Å². The fourth-order valence-corrected chi connectivity index (χ4v) is 5.33. The molecule has 1 saturated heterocycles. The van der Waals surface area contributed by atoms with Crippen LogP contribution in [0.3, 0.4) is 0 Å². The number of hydrogen-bond acceptors (Lipinski definition) is 11. The van der Waals surface area contributed by atoms with Gasteiger partial charge in [-0.25, -0.2) is 0 Å². The lowest BCUT2D eigenvalue weighted by atomic mass is 9.93. The van der Waals surface area contributed by atoms with Crippen molar-refractivity contribution in [2.24, 2.45) is 5.92 Å². The van der Waals surface area contributed by atoms with E-state index in [1.54, 1.807) is 24.3 Å². The predicted octanol–water partition coefficient (Wildman–Crippen LogP) is 3.79. The molecule has 1 fully saturated rings. The first kappa shape index (κ1) is 27.4. The number of esters is 1. The Morgan fingerprint density at radius 2 is 1.93 bits per heavy atom. The third kappa shape index (κ3) is 5.57. The molecule has 0 spiro atoms. The molecule has 4 aromatic rings. The molecule has 0 saturated carbocycles. The van der Waals surface area contributed by atoms with Gasteiger partial charge >= 0.3 is 5.97 Å². The maximum Gasteiger partial charge on any atom is 0.316 e. The molecule has 3 N–H and O–H groups in total. The molecule has 2 unspecified atom stereocenters. The number of para-hydroxylation sites is 1. The van der Waals surface area contributed by atoms with Crippen LogP contribution in [0.4, 0.5) is 5.82 Å². The Bertz CT molecular complexity index is 1470. The number of nitrogens with zero attached hydrogens (tertiary/aromatic N) is 6. The fraction of sp³-hybridized carbons (Fsp3) is 0.464. The average molecular weight is 550 g/mol. The monoisotopic (exact) mass is 549 g/mol. The largest absolute Gasteiger partial charge is 0.507 e. The van der Waals surface area contributed by atoms with Gasteiger partial charge in [-0.15, -0.1) is 10.2 Å². The second-order valence-electron chi connectivity index (χ2n) is 10.6. The molecule has 0 aliphatic carbocycles. The van der Waals surface area contributed by atoms with E-state index in [1.807, 2.05) is 37.6 Å². The number of aromatic nitrogens is 5. The highest BCUT2D eigenvalue weighted by atomic mass is 16.5. The first-order chi connectivity index (χ1) is 19.2. The zero-order valence-electron chi connectivity index (χ0n) is 23.1. The number of carbonyl (C=O) groups is 1. The number of phenolic OH excluding ortho intramolecular Hbond substituents is 1. The summed E-state index contributed by atoms with van der Waals surface area (Å²) in [5.74, 6) is 0.384. The van der Waals surface area contributed by atoms with Crippen molar-refractivity contribution in [3.63, 3.8) is 0 Å². The normalized spacial score (nSPS) is 16.3. The van der Waals surface area contributed by atoms with Crippen LogP contribution < -0.4 is 10.5 Å². The standard InChI is InChI=1S/C28H35N7O5/c1-16(2)25(28(37)38-4)23-14-24(33-40-23)39-17(3)15-34-11-9-18(10-12-34)35-21-13-20(19-7-5-6-8-22(19)36)30-31-26(21)27(29)32-35/h5-8,13-14,16-18,25,36H,9-12,15H2,1-4H3,(H2,29,32). The van der Waals surface area contributed by atoms with E-state index in [1.165, 1.54) is 7.11 Å². The Morgan fingerprint density at radius 1 is 1.18 bits per heavy atom. The van der Waals surface area contributed by atoms with Crippen LogP contribution in [0.5, 0.6) is 11.6 Å². The van der Waals surface area contributed by atoms with Gasteiger partial charge < -0.3 is 24.8 Å². The summed E-state index contributed by atoms with van der Waals surface area (Å²) < 4.78 is 18.3. The molecule has 2 atom stereocenters. The lowest BCUT2D eigenvalue weighted by Gasteiger charge is -2.33. The van der Waals surface area contributed by atoms with Crippen molar-refractivity contribution in [2.75, 3.05) is 32.5 Å². The molecular formula is C28H35N7O5. The smallest absolute Gasteiger partial charge is 0.316 e. The first-order valence-corrected chi connectivity index (χ1v) is 13.5. The first-order valence-electron chi connectivity index (χ1n) is 13.5. The van der Waals surface area contributed by atoms with Crippen LogP contribution >= 0.6 is 0 Å². The van der Waals surface area contributed by atoms with E-state index in [4.69, 9.17) is 19.7 Å². The molecule has 12 nitrogen and oxygen atoms in total. The Hall–Kier alpha value is -4.19. The van der Waals surface area contributed by atoms with Crippen molar-refractivity contribution in [3.05, 3.63) is 42.2 Å². The van der Waals surface area contributed by atoms with Crippen molar-refractivity contribution in [1.29, 1.82) is 0 Å². The zero-order chi connectivity index (χ0) is 28.4. The second-order valence-corrected chi connectivity index (χ2v) is 10.6. The summed E-state index contributed by atoms with van der Waals surface area (Å²) >= 11 is 0. The van der Waals surface area contributed by atoms with E-state index in [0.717, 1.165) is 31.4 Å². The van der Waals surface area contributed by atoms with E-state index in [9.17, 15) is 9.90 Å². The van der Waals surface area contributed by atoms with Crippen molar-refractivity contribution in [2.45, 2.75) is 51.7 Å². The predicted molar refractivity (Wildman–Crippen MR) is 148 cm³/mol. The van der Waals surface area contributed by atoms with Gasteiger partial charge in [0.2, 0.25) is 0 Å². The number of nitrogen functional groups attached to an aromatic ring is 1. The minimum atomic E-state index is -0.531. The highest BCUT2D eigenvalue weighted by molar-refractivity contribution is 5.87. The maximum atomic E-state index is 12.2. The highest BCUT2D eigenvalue weighted by Crippen LogP contribution is 2.33. The number of benzene rings is 1. The van der Waals surface area contributed by atoms with Gasteiger partial charge in [0.1, 0.15) is 17.8 Å². The van der Waals surface area contributed by atoms with Crippen molar-refractivity contribution >= 4 is 22.8 Å². The number of anilines is 1. The van der Waals surface area contributed by atoms with Gasteiger partial charge in [-0.1, -0.05) is 26.0 Å². The second kappa shape index (κ2) is 11.5.